The molecule has 174 valence electrons. The molecule has 0 bridgehead atoms. The molecule has 1 fully saturated rings. The molecule has 4 heterocycles. The van der Waals surface area contributed by atoms with Gasteiger partial charge in [-0.25, -0.2) is 4.98 Å². The second-order valence-electron chi connectivity index (χ2n) is 8.45. The van der Waals surface area contributed by atoms with Gasteiger partial charge in [0.25, 0.3) is 5.91 Å². The average molecular weight is 460 g/mol. The number of carbonyl (C=O) groups is 1. The molecule has 1 aromatic carbocycles. The standard InChI is InChI=1S/C23H23F3N4O3/c1-33-19-9-15(8-14-2-5-29(13-23(24,25)26)22(32)21(14)19)18-11-27-20-10-16(3-7-30(18)20)28-6-4-17(31)12-28/h3,7-11,17,31H,2,4-6,12-13H2,1H3/t17-/m1/s1. The number of alkyl halides is 3. The van der Waals surface area contributed by atoms with E-state index >= 15 is 0 Å². The maximum atomic E-state index is 12.9. The van der Waals surface area contributed by atoms with Gasteiger partial charge in [0.2, 0.25) is 0 Å². The van der Waals surface area contributed by atoms with Crippen molar-refractivity contribution in [2.45, 2.75) is 25.1 Å². The maximum Gasteiger partial charge on any atom is 0.406 e. The van der Waals surface area contributed by atoms with E-state index in [4.69, 9.17) is 4.74 Å². The third kappa shape index (κ3) is 3.99. The van der Waals surface area contributed by atoms with Gasteiger partial charge in [0.1, 0.15) is 17.9 Å². The van der Waals surface area contributed by atoms with Crippen molar-refractivity contribution in [1.82, 2.24) is 14.3 Å². The van der Waals surface area contributed by atoms with Crippen molar-refractivity contribution in [2.24, 2.45) is 0 Å². The maximum absolute atomic E-state index is 12.9. The molecule has 2 aromatic heterocycles. The zero-order valence-corrected chi connectivity index (χ0v) is 18.0. The first-order valence-corrected chi connectivity index (χ1v) is 10.7. The molecule has 10 heteroatoms. The van der Waals surface area contributed by atoms with Crippen molar-refractivity contribution in [2.75, 3.05) is 38.2 Å². The highest BCUT2D eigenvalue weighted by Crippen LogP contribution is 2.35. The quantitative estimate of drug-likeness (QED) is 0.648. The number of hydrogen-bond acceptors (Lipinski definition) is 5. The molecule has 2 aliphatic heterocycles. The van der Waals surface area contributed by atoms with E-state index in [9.17, 15) is 23.1 Å². The highest BCUT2D eigenvalue weighted by Gasteiger charge is 2.37. The van der Waals surface area contributed by atoms with Crippen LogP contribution >= 0.6 is 0 Å². The smallest absolute Gasteiger partial charge is 0.406 e. The first-order chi connectivity index (χ1) is 15.7. The SMILES string of the molecule is COc1cc(-c2cnc3cc(N4CC[C@@H](O)C4)ccn23)cc2c1C(=O)N(CC(F)(F)F)CC2. The Labute approximate surface area is 188 Å². The minimum atomic E-state index is -4.46. The summed E-state index contributed by atoms with van der Waals surface area (Å²) in [4.78, 5) is 20.2. The molecule has 0 unspecified atom stereocenters. The van der Waals surface area contributed by atoms with Crippen LogP contribution in [0.3, 0.4) is 0 Å². The van der Waals surface area contributed by atoms with Crippen LogP contribution in [0.4, 0.5) is 18.9 Å². The zero-order chi connectivity index (χ0) is 23.3. The first-order valence-electron chi connectivity index (χ1n) is 10.7. The Balaban J connectivity index is 1.50. The van der Waals surface area contributed by atoms with Gasteiger partial charge in [-0.05, 0) is 36.6 Å². The minimum Gasteiger partial charge on any atom is -0.496 e. The number of benzene rings is 1. The molecule has 1 atom stereocenters. The summed E-state index contributed by atoms with van der Waals surface area (Å²) >= 11 is 0. The van der Waals surface area contributed by atoms with Gasteiger partial charge in [0.05, 0.1) is 30.7 Å². The van der Waals surface area contributed by atoms with Crippen LogP contribution in [0, 0.1) is 0 Å². The molecular formula is C23H23F3N4O3. The predicted octanol–water partition coefficient (Wildman–Crippen LogP) is 3.14. The van der Waals surface area contributed by atoms with Gasteiger partial charge in [-0.2, -0.15) is 13.2 Å². The number of pyridine rings is 1. The molecule has 5 rings (SSSR count). The Bertz CT molecular complexity index is 1210. The van der Waals surface area contributed by atoms with E-state index < -0.39 is 18.6 Å². The fourth-order valence-corrected chi connectivity index (χ4v) is 4.66. The van der Waals surface area contributed by atoms with E-state index in [1.165, 1.54) is 7.11 Å². The number of β-amino-alcohol motifs (C(OH)–C–C–N with tert-alkyl or cyclic N) is 1. The number of aromatic nitrogens is 2. The molecule has 7 nitrogen and oxygen atoms in total. The Morgan fingerprint density at radius 1 is 1.24 bits per heavy atom. The van der Waals surface area contributed by atoms with Crippen LogP contribution in [-0.2, 0) is 6.42 Å². The lowest BCUT2D eigenvalue weighted by Crippen LogP contribution is -2.43. The van der Waals surface area contributed by atoms with Gasteiger partial charge < -0.3 is 19.6 Å². The summed E-state index contributed by atoms with van der Waals surface area (Å²) in [6.07, 6.45) is -0.116. The second kappa shape index (κ2) is 7.95. The lowest BCUT2D eigenvalue weighted by atomic mass is 9.94. The van der Waals surface area contributed by atoms with Crippen molar-refractivity contribution < 1.29 is 27.8 Å². The number of ether oxygens (including phenoxy) is 1. The number of anilines is 1. The number of aliphatic hydroxyl groups is 1. The molecule has 33 heavy (non-hydrogen) atoms. The largest absolute Gasteiger partial charge is 0.496 e. The third-order valence-corrected chi connectivity index (χ3v) is 6.25. The van der Waals surface area contributed by atoms with Gasteiger partial charge in [0.15, 0.2) is 0 Å². The lowest BCUT2D eigenvalue weighted by Gasteiger charge is -2.30. The molecule has 2 aliphatic rings. The summed E-state index contributed by atoms with van der Waals surface area (Å²) in [5.41, 5.74) is 4.09. The predicted molar refractivity (Wildman–Crippen MR) is 116 cm³/mol. The molecule has 0 saturated carbocycles. The average Bonchev–Trinajstić information content (AvgIpc) is 3.40. The van der Waals surface area contributed by atoms with Crippen molar-refractivity contribution in [3.63, 3.8) is 0 Å². The summed E-state index contributed by atoms with van der Waals surface area (Å²) in [6.45, 7) is 0.0907. The second-order valence-corrected chi connectivity index (χ2v) is 8.45. The zero-order valence-electron chi connectivity index (χ0n) is 18.0. The van der Waals surface area contributed by atoms with Crippen LogP contribution in [0.25, 0.3) is 16.9 Å². The van der Waals surface area contributed by atoms with Gasteiger partial charge in [-0.15, -0.1) is 0 Å². The van der Waals surface area contributed by atoms with Gasteiger partial charge in [-0.1, -0.05) is 0 Å². The number of hydrogen-bond donors (Lipinski definition) is 1. The van der Waals surface area contributed by atoms with Gasteiger partial charge >= 0.3 is 6.18 Å². The Morgan fingerprint density at radius 2 is 2.06 bits per heavy atom. The summed E-state index contributed by atoms with van der Waals surface area (Å²) in [5, 5.41) is 9.81. The van der Waals surface area contributed by atoms with Gasteiger partial charge in [-0.3, -0.25) is 9.20 Å². The summed E-state index contributed by atoms with van der Waals surface area (Å²) < 4.78 is 45.9. The number of rotatable bonds is 4. The fourth-order valence-electron chi connectivity index (χ4n) is 4.66. The Kier molecular flexibility index (Phi) is 5.19. The van der Waals surface area contributed by atoms with Crippen molar-refractivity contribution in [3.8, 4) is 17.0 Å². The lowest BCUT2D eigenvalue weighted by molar-refractivity contribution is -0.141. The van der Waals surface area contributed by atoms with Crippen LogP contribution in [0.1, 0.15) is 22.3 Å². The molecule has 1 saturated heterocycles. The number of aliphatic hydroxyl groups excluding tert-OH is 1. The number of fused-ring (bicyclic) bond motifs is 2. The normalized spacial score (nSPS) is 18.8. The van der Waals surface area contributed by atoms with Crippen LogP contribution in [0.2, 0.25) is 0 Å². The van der Waals surface area contributed by atoms with Gasteiger partial charge in [0, 0.05) is 43.1 Å². The molecule has 0 radical (unpaired) electrons. The minimum absolute atomic E-state index is 0.00382. The van der Waals surface area contributed by atoms with E-state index in [2.05, 4.69) is 9.88 Å². The Hall–Kier alpha value is -3.27. The van der Waals surface area contributed by atoms with Crippen LogP contribution in [-0.4, -0.2) is 70.9 Å². The molecule has 3 aromatic rings. The van der Waals surface area contributed by atoms with Crippen molar-refractivity contribution >= 4 is 17.2 Å². The molecule has 1 N–H and O–H groups in total. The topological polar surface area (TPSA) is 70.3 Å². The van der Waals surface area contributed by atoms with E-state index in [-0.39, 0.29) is 24.0 Å². The van der Waals surface area contributed by atoms with E-state index in [0.29, 0.717) is 18.5 Å². The number of halogens is 3. The van der Waals surface area contributed by atoms with Crippen LogP contribution in [0.15, 0.2) is 36.7 Å². The monoisotopic (exact) mass is 460 g/mol. The van der Waals surface area contributed by atoms with Crippen molar-refractivity contribution in [3.05, 3.63) is 47.8 Å². The van der Waals surface area contributed by atoms with Crippen LogP contribution in [0.5, 0.6) is 5.75 Å². The first kappa shape index (κ1) is 21.6. The summed E-state index contributed by atoms with van der Waals surface area (Å²) in [7, 11) is 1.40. The fraction of sp³-hybridized carbons (Fsp3) is 0.391. The molecule has 0 spiro atoms. The van der Waals surface area contributed by atoms with E-state index in [0.717, 1.165) is 40.5 Å². The number of methoxy groups -OCH3 is 1. The summed E-state index contributed by atoms with van der Waals surface area (Å²) in [5.74, 6) is -0.426. The third-order valence-electron chi connectivity index (χ3n) is 6.25. The number of imidazole rings is 1. The Morgan fingerprint density at radius 3 is 2.76 bits per heavy atom. The van der Waals surface area contributed by atoms with E-state index in [1.54, 1.807) is 12.3 Å². The van der Waals surface area contributed by atoms with E-state index in [1.807, 2.05) is 28.8 Å². The highest BCUT2D eigenvalue weighted by atomic mass is 19.4. The number of amides is 1. The molecular weight excluding hydrogens is 437 g/mol. The number of carbonyl (C=O) groups excluding carboxylic acids is 1. The van der Waals surface area contributed by atoms with Crippen molar-refractivity contribution in [1.29, 1.82) is 0 Å². The number of nitrogens with zero attached hydrogens (tertiary/aromatic N) is 4. The summed E-state index contributed by atoms with van der Waals surface area (Å²) in [6, 6.07) is 7.41. The highest BCUT2D eigenvalue weighted by molar-refractivity contribution is 6.00. The van der Waals surface area contributed by atoms with Crippen LogP contribution < -0.4 is 9.64 Å². The molecule has 0 aliphatic carbocycles. The molecule has 1 amide bonds.